The van der Waals surface area contributed by atoms with Gasteiger partial charge in [0.1, 0.15) is 4.47 Å². The van der Waals surface area contributed by atoms with Crippen LogP contribution in [0, 0.1) is 6.92 Å². The maximum absolute atomic E-state index is 11.6. The molecule has 1 rings (SSSR count). The van der Waals surface area contributed by atoms with Crippen molar-refractivity contribution in [1.82, 2.24) is 9.55 Å². The monoisotopic (exact) mass is 242 g/mol. The lowest BCUT2D eigenvalue weighted by Gasteiger charge is -2.05. The van der Waals surface area contributed by atoms with Gasteiger partial charge < -0.3 is 0 Å². The van der Waals surface area contributed by atoms with Gasteiger partial charge in [0, 0.05) is 6.54 Å². The van der Waals surface area contributed by atoms with Crippen LogP contribution in [0.15, 0.2) is 27.7 Å². The van der Waals surface area contributed by atoms with E-state index in [9.17, 15) is 4.79 Å². The van der Waals surface area contributed by atoms with Crippen LogP contribution in [0.2, 0.25) is 0 Å². The van der Waals surface area contributed by atoms with Gasteiger partial charge in [-0.05, 0) is 29.8 Å². The summed E-state index contributed by atoms with van der Waals surface area (Å²) in [6.07, 6.45) is 1.54. The molecule has 0 amide bonds. The average Bonchev–Trinajstić information content (AvgIpc) is 2.06. The molecule has 0 fully saturated rings. The Labute approximate surface area is 85.2 Å². The number of allylic oxidation sites excluding steroid dienone is 1. The van der Waals surface area contributed by atoms with E-state index in [4.69, 9.17) is 0 Å². The van der Waals surface area contributed by atoms with E-state index in [-0.39, 0.29) is 5.56 Å². The minimum atomic E-state index is -0.0597. The van der Waals surface area contributed by atoms with Gasteiger partial charge in [-0.2, -0.15) is 0 Å². The van der Waals surface area contributed by atoms with Crippen LogP contribution >= 0.6 is 15.9 Å². The molecule has 1 heterocycles. The average molecular weight is 243 g/mol. The van der Waals surface area contributed by atoms with Crippen LogP contribution in [0.25, 0.3) is 0 Å². The molecule has 0 bridgehead atoms. The molecule has 4 heteroatoms. The Kier molecular flexibility index (Phi) is 3.03. The lowest BCUT2D eigenvalue weighted by atomic mass is 10.3. The Balaban J connectivity index is 3.19. The Morgan fingerprint density at radius 2 is 2.38 bits per heavy atom. The van der Waals surface area contributed by atoms with Crippen molar-refractivity contribution in [2.24, 2.45) is 0 Å². The van der Waals surface area contributed by atoms with E-state index in [0.29, 0.717) is 16.7 Å². The van der Waals surface area contributed by atoms with Crippen LogP contribution in [0.4, 0.5) is 0 Å². The molecular weight excluding hydrogens is 232 g/mol. The summed E-state index contributed by atoms with van der Waals surface area (Å²) in [5.74, 6) is 0. The van der Waals surface area contributed by atoms with Crippen molar-refractivity contribution in [3.63, 3.8) is 0 Å². The molecule has 0 atom stereocenters. The highest BCUT2D eigenvalue weighted by molar-refractivity contribution is 9.10. The fourth-order valence-corrected chi connectivity index (χ4v) is 1.28. The van der Waals surface area contributed by atoms with E-state index < -0.39 is 0 Å². The molecule has 0 spiro atoms. The molecule has 0 aliphatic carbocycles. The molecule has 0 saturated heterocycles. The second-order valence-electron chi connectivity index (χ2n) is 3.03. The maximum atomic E-state index is 11.6. The summed E-state index contributed by atoms with van der Waals surface area (Å²) in [5.41, 5.74) is 1.58. The van der Waals surface area contributed by atoms with Crippen molar-refractivity contribution >= 4 is 15.9 Å². The van der Waals surface area contributed by atoms with Crippen molar-refractivity contribution in [2.45, 2.75) is 20.4 Å². The number of nitrogens with zero attached hydrogens (tertiary/aromatic N) is 2. The van der Waals surface area contributed by atoms with Gasteiger partial charge in [-0.25, -0.2) is 4.98 Å². The number of halogens is 1. The first-order chi connectivity index (χ1) is 6.02. The Bertz CT molecular complexity index is 395. The minimum absolute atomic E-state index is 0.0597. The van der Waals surface area contributed by atoms with Gasteiger partial charge in [-0.1, -0.05) is 12.2 Å². The largest absolute Gasteiger partial charge is 0.294 e. The van der Waals surface area contributed by atoms with E-state index in [0.717, 1.165) is 5.57 Å². The molecule has 13 heavy (non-hydrogen) atoms. The van der Waals surface area contributed by atoms with Gasteiger partial charge in [0.05, 0.1) is 12.0 Å². The number of hydrogen-bond acceptors (Lipinski definition) is 2. The van der Waals surface area contributed by atoms with E-state index >= 15 is 0 Å². The molecule has 0 aliphatic heterocycles. The van der Waals surface area contributed by atoms with Crippen molar-refractivity contribution in [3.8, 4) is 0 Å². The second kappa shape index (κ2) is 3.87. The number of hydrogen-bond donors (Lipinski definition) is 0. The molecule has 0 saturated carbocycles. The van der Waals surface area contributed by atoms with E-state index in [2.05, 4.69) is 27.5 Å². The summed E-state index contributed by atoms with van der Waals surface area (Å²) in [6.45, 7) is 7.92. The van der Waals surface area contributed by atoms with Gasteiger partial charge in [-0.15, -0.1) is 0 Å². The van der Waals surface area contributed by atoms with E-state index in [1.54, 1.807) is 6.92 Å². The molecule has 3 nitrogen and oxygen atoms in total. The fraction of sp³-hybridized carbons (Fsp3) is 0.333. The second-order valence-corrected chi connectivity index (χ2v) is 3.83. The zero-order valence-electron chi connectivity index (χ0n) is 7.67. The van der Waals surface area contributed by atoms with Gasteiger partial charge in [0.2, 0.25) is 0 Å². The summed E-state index contributed by atoms with van der Waals surface area (Å²) in [7, 11) is 0. The minimum Gasteiger partial charge on any atom is -0.294 e. The molecule has 1 aromatic heterocycles. The summed E-state index contributed by atoms with van der Waals surface area (Å²) < 4.78 is 2.05. The SMILES string of the molecule is C=C(C)Cn1cnc(C)c(Br)c1=O. The van der Waals surface area contributed by atoms with Crippen molar-refractivity contribution in [1.29, 1.82) is 0 Å². The molecule has 0 unspecified atom stereocenters. The van der Waals surface area contributed by atoms with Gasteiger partial charge in [0.25, 0.3) is 5.56 Å². The predicted molar refractivity (Wildman–Crippen MR) is 55.7 cm³/mol. The van der Waals surface area contributed by atoms with Crippen LogP contribution in [0.3, 0.4) is 0 Å². The lowest BCUT2D eigenvalue weighted by Crippen LogP contribution is -2.22. The van der Waals surface area contributed by atoms with Crippen LogP contribution in [0.1, 0.15) is 12.6 Å². The molecule has 1 aromatic rings. The summed E-state index contributed by atoms with van der Waals surface area (Å²) in [5, 5.41) is 0. The number of rotatable bonds is 2. The third-order valence-corrected chi connectivity index (χ3v) is 2.51. The van der Waals surface area contributed by atoms with Crippen LogP contribution < -0.4 is 5.56 Å². The Morgan fingerprint density at radius 1 is 1.77 bits per heavy atom. The lowest BCUT2D eigenvalue weighted by molar-refractivity contribution is 0.716. The normalized spacial score (nSPS) is 10.1. The fourth-order valence-electron chi connectivity index (χ4n) is 0.950. The summed E-state index contributed by atoms with van der Waals surface area (Å²) in [6, 6.07) is 0. The first-order valence-corrected chi connectivity index (χ1v) is 4.67. The van der Waals surface area contributed by atoms with Gasteiger partial charge in [0.15, 0.2) is 0 Å². The van der Waals surface area contributed by atoms with Gasteiger partial charge in [-0.3, -0.25) is 9.36 Å². The quantitative estimate of drug-likeness (QED) is 0.743. The highest BCUT2D eigenvalue weighted by atomic mass is 79.9. The first kappa shape index (κ1) is 10.2. The van der Waals surface area contributed by atoms with Crippen LogP contribution in [-0.2, 0) is 6.54 Å². The van der Waals surface area contributed by atoms with Crippen LogP contribution in [0.5, 0.6) is 0 Å². The number of aryl methyl sites for hydroxylation is 1. The Morgan fingerprint density at radius 3 is 2.92 bits per heavy atom. The van der Waals surface area contributed by atoms with Crippen molar-refractivity contribution < 1.29 is 0 Å². The molecule has 0 aromatic carbocycles. The third-order valence-electron chi connectivity index (χ3n) is 1.60. The molecule has 0 N–H and O–H groups in total. The van der Waals surface area contributed by atoms with E-state index in [1.165, 1.54) is 10.9 Å². The zero-order chi connectivity index (χ0) is 10.0. The highest BCUT2D eigenvalue weighted by Gasteiger charge is 2.04. The van der Waals surface area contributed by atoms with Crippen molar-refractivity contribution in [2.75, 3.05) is 0 Å². The summed E-state index contributed by atoms with van der Waals surface area (Å²) in [4.78, 5) is 15.6. The topological polar surface area (TPSA) is 34.9 Å². The smallest absolute Gasteiger partial charge is 0.268 e. The highest BCUT2D eigenvalue weighted by Crippen LogP contribution is 2.06. The zero-order valence-corrected chi connectivity index (χ0v) is 9.26. The van der Waals surface area contributed by atoms with E-state index in [1.807, 2.05) is 6.92 Å². The van der Waals surface area contributed by atoms with Crippen molar-refractivity contribution in [3.05, 3.63) is 39.0 Å². The first-order valence-electron chi connectivity index (χ1n) is 3.88. The maximum Gasteiger partial charge on any atom is 0.268 e. The predicted octanol–water partition coefficient (Wildman–Crippen LogP) is 1.89. The molecule has 0 aliphatic rings. The summed E-state index contributed by atoms with van der Waals surface area (Å²) >= 11 is 3.19. The Hall–Kier alpha value is -0.900. The van der Waals surface area contributed by atoms with Gasteiger partial charge >= 0.3 is 0 Å². The van der Waals surface area contributed by atoms with Crippen LogP contribution in [-0.4, -0.2) is 9.55 Å². The number of aromatic nitrogens is 2. The third kappa shape index (κ3) is 2.28. The standard InChI is InChI=1S/C9H11BrN2O/c1-6(2)4-12-5-11-7(3)8(10)9(12)13/h5H,1,4H2,2-3H3. The molecule has 0 radical (unpaired) electrons. The molecule has 70 valence electrons. The molecular formula is C9H11BrN2O.